The van der Waals surface area contributed by atoms with Crippen LogP contribution in [0.25, 0.3) is 11.0 Å². The lowest BCUT2D eigenvalue weighted by Crippen LogP contribution is -2.43. The Balaban J connectivity index is 1.49. The van der Waals surface area contributed by atoms with Gasteiger partial charge < -0.3 is 14.2 Å². The fourth-order valence-corrected chi connectivity index (χ4v) is 2.72. The molecule has 0 unspecified atom stereocenters. The smallest absolute Gasteiger partial charge is 0.326 e. The van der Waals surface area contributed by atoms with Crippen LogP contribution in [-0.2, 0) is 27.9 Å². The third-order valence-electron chi connectivity index (χ3n) is 4.34. The summed E-state index contributed by atoms with van der Waals surface area (Å²) in [7, 11) is 4.52. The van der Waals surface area contributed by atoms with Crippen LogP contribution >= 0.6 is 0 Å². The molecule has 13 heteroatoms. The predicted octanol–water partition coefficient (Wildman–Crippen LogP) is -0.848. The summed E-state index contributed by atoms with van der Waals surface area (Å²) in [6.07, 6.45) is 2.54. The Morgan fingerprint density at radius 1 is 1.09 bits per heavy atom. The summed E-state index contributed by atoms with van der Waals surface area (Å²) in [6, 6.07) is 4.45. The number of methoxy groups -OCH3 is 2. The number of nitrogens with zero attached hydrogens (tertiary/aromatic N) is 4. The van der Waals surface area contributed by atoms with Crippen molar-refractivity contribution < 1.29 is 28.6 Å². The van der Waals surface area contributed by atoms with Crippen LogP contribution in [-0.4, -0.2) is 57.9 Å². The van der Waals surface area contributed by atoms with Gasteiger partial charge in [0.1, 0.15) is 18.3 Å². The molecule has 1 aromatic carbocycles. The first kappa shape index (κ1) is 22.3. The molecule has 0 bridgehead atoms. The van der Waals surface area contributed by atoms with Crippen LogP contribution in [0, 0.1) is 0 Å². The molecule has 0 spiro atoms. The maximum atomic E-state index is 12.3. The van der Waals surface area contributed by atoms with Crippen molar-refractivity contribution in [2.24, 2.45) is 7.05 Å². The number of nitrogens with one attached hydrogen (secondary N) is 2. The van der Waals surface area contributed by atoms with Crippen molar-refractivity contribution in [2.45, 2.75) is 6.54 Å². The van der Waals surface area contributed by atoms with Crippen LogP contribution < -0.4 is 25.9 Å². The van der Waals surface area contributed by atoms with Crippen LogP contribution in [0.5, 0.6) is 11.5 Å². The van der Waals surface area contributed by atoms with Crippen LogP contribution in [0.4, 0.5) is 0 Å². The minimum absolute atomic E-state index is 0.206. The highest BCUT2D eigenvalue weighted by molar-refractivity contribution is 5.96. The van der Waals surface area contributed by atoms with Gasteiger partial charge in [-0.25, -0.2) is 4.98 Å². The van der Waals surface area contributed by atoms with Gasteiger partial charge >= 0.3 is 5.97 Å². The number of hydrogen-bond acceptors (Lipinski definition) is 9. The Morgan fingerprint density at radius 3 is 2.56 bits per heavy atom. The number of rotatable bonds is 7. The Kier molecular flexibility index (Phi) is 6.68. The van der Waals surface area contributed by atoms with Gasteiger partial charge in [-0.1, -0.05) is 0 Å². The third kappa shape index (κ3) is 4.83. The fourth-order valence-electron chi connectivity index (χ4n) is 2.72. The van der Waals surface area contributed by atoms with Crippen molar-refractivity contribution in [1.82, 2.24) is 30.2 Å². The second-order valence-electron chi connectivity index (χ2n) is 6.42. The lowest BCUT2D eigenvalue weighted by atomic mass is 10.2. The second kappa shape index (κ2) is 9.59. The number of amides is 2. The molecule has 0 aliphatic rings. The van der Waals surface area contributed by atoms with Gasteiger partial charge in [-0.15, -0.1) is 0 Å². The van der Waals surface area contributed by atoms with Gasteiger partial charge in [-0.05, 0) is 18.2 Å². The van der Waals surface area contributed by atoms with E-state index in [-0.39, 0.29) is 10.9 Å². The van der Waals surface area contributed by atoms with Crippen molar-refractivity contribution in [3.63, 3.8) is 0 Å². The molecule has 3 rings (SSSR count). The normalized spacial score (nSPS) is 10.5. The van der Waals surface area contributed by atoms with E-state index in [4.69, 9.17) is 14.2 Å². The Hall–Kier alpha value is -4.42. The van der Waals surface area contributed by atoms with Gasteiger partial charge in [0.05, 0.1) is 20.4 Å². The quantitative estimate of drug-likeness (QED) is 0.350. The molecule has 0 radical (unpaired) electrons. The minimum atomic E-state index is -0.835. The lowest BCUT2D eigenvalue weighted by Gasteiger charge is -2.11. The first-order valence-electron chi connectivity index (χ1n) is 9.18. The fraction of sp³-hybridized carbons (Fsp3) is 0.263. The van der Waals surface area contributed by atoms with E-state index in [0.29, 0.717) is 17.1 Å². The summed E-state index contributed by atoms with van der Waals surface area (Å²) in [6.45, 7) is -1.11. The molecular weight excluding hydrogens is 424 g/mol. The number of fused-ring (bicyclic) bond motifs is 1. The molecule has 0 aliphatic heterocycles. The van der Waals surface area contributed by atoms with Gasteiger partial charge in [0.25, 0.3) is 17.4 Å². The first-order valence-corrected chi connectivity index (χ1v) is 9.18. The summed E-state index contributed by atoms with van der Waals surface area (Å²) >= 11 is 0. The third-order valence-corrected chi connectivity index (χ3v) is 4.34. The van der Waals surface area contributed by atoms with Gasteiger partial charge in [-0.2, -0.15) is 5.10 Å². The molecule has 2 aromatic heterocycles. The summed E-state index contributed by atoms with van der Waals surface area (Å²) < 4.78 is 17.5. The van der Waals surface area contributed by atoms with Gasteiger partial charge in [0.2, 0.25) is 0 Å². The van der Waals surface area contributed by atoms with E-state index in [9.17, 15) is 19.2 Å². The minimum Gasteiger partial charge on any atom is -0.493 e. The maximum absolute atomic E-state index is 12.3. The van der Waals surface area contributed by atoms with Crippen LogP contribution in [0.1, 0.15) is 10.4 Å². The summed E-state index contributed by atoms with van der Waals surface area (Å²) in [5.41, 5.74) is 4.44. The highest BCUT2D eigenvalue weighted by Crippen LogP contribution is 2.27. The average molecular weight is 444 g/mol. The molecule has 3 aromatic rings. The van der Waals surface area contributed by atoms with Gasteiger partial charge in [0, 0.05) is 12.6 Å². The van der Waals surface area contributed by atoms with Crippen LogP contribution in [0.2, 0.25) is 0 Å². The number of carbonyl (C=O) groups is 3. The van der Waals surface area contributed by atoms with Gasteiger partial charge in [0.15, 0.2) is 23.8 Å². The molecule has 2 heterocycles. The summed E-state index contributed by atoms with van der Waals surface area (Å²) in [5, 5.41) is 4.18. The number of aromatic nitrogens is 4. The number of aryl methyl sites for hydroxylation is 1. The highest BCUT2D eigenvalue weighted by Gasteiger charge is 2.14. The van der Waals surface area contributed by atoms with E-state index in [1.54, 1.807) is 7.05 Å². The zero-order chi connectivity index (χ0) is 23.3. The molecule has 0 aliphatic carbocycles. The SMILES string of the molecule is COc1ccc(C(=O)NNC(=O)COC(=O)Cn2cnc3c(cnn3C)c2=O)cc1OC. The van der Waals surface area contributed by atoms with Gasteiger partial charge in [-0.3, -0.25) is 39.3 Å². The van der Waals surface area contributed by atoms with E-state index in [1.807, 2.05) is 0 Å². The monoisotopic (exact) mass is 444 g/mol. The Morgan fingerprint density at radius 2 is 1.84 bits per heavy atom. The zero-order valence-corrected chi connectivity index (χ0v) is 17.4. The number of benzene rings is 1. The largest absolute Gasteiger partial charge is 0.493 e. The summed E-state index contributed by atoms with van der Waals surface area (Å²) in [5.74, 6) is -1.45. The molecule has 0 fully saturated rings. The molecule has 0 saturated carbocycles. The van der Waals surface area contributed by atoms with Crippen molar-refractivity contribution in [2.75, 3.05) is 20.8 Å². The molecule has 13 nitrogen and oxygen atoms in total. The van der Waals surface area contributed by atoms with E-state index < -0.39 is 36.5 Å². The number of esters is 1. The number of carbonyl (C=O) groups excluding carboxylic acids is 3. The molecule has 32 heavy (non-hydrogen) atoms. The molecule has 2 N–H and O–H groups in total. The molecule has 0 saturated heterocycles. The summed E-state index contributed by atoms with van der Waals surface area (Å²) in [4.78, 5) is 52.4. The molecule has 168 valence electrons. The Labute approximate surface area is 180 Å². The number of ether oxygens (including phenoxy) is 3. The molecule has 0 atom stereocenters. The zero-order valence-electron chi connectivity index (χ0n) is 17.4. The van der Waals surface area contributed by atoms with E-state index in [2.05, 4.69) is 20.9 Å². The van der Waals surface area contributed by atoms with E-state index in [0.717, 1.165) is 4.57 Å². The number of hydrogen-bond donors (Lipinski definition) is 2. The maximum Gasteiger partial charge on any atom is 0.326 e. The lowest BCUT2D eigenvalue weighted by molar-refractivity contribution is -0.149. The average Bonchev–Trinajstić information content (AvgIpc) is 3.18. The van der Waals surface area contributed by atoms with Crippen molar-refractivity contribution in [1.29, 1.82) is 0 Å². The predicted molar refractivity (Wildman–Crippen MR) is 109 cm³/mol. The van der Waals surface area contributed by atoms with Crippen molar-refractivity contribution >= 4 is 28.8 Å². The van der Waals surface area contributed by atoms with Crippen LogP contribution in [0.15, 0.2) is 35.5 Å². The van der Waals surface area contributed by atoms with Crippen molar-refractivity contribution in [3.05, 3.63) is 46.6 Å². The molecule has 2 amide bonds. The highest BCUT2D eigenvalue weighted by atomic mass is 16.5. The van der Waals surface area contributed by atoms with E-state index >= 15 is 0 Å². The second-order valence-corrected chi connectivity index (χ2v) is 6.42. The van der Waals surface area contributed by atoms with Crippen LogP contribution in [0.3, 0.4) is 0 Å². The first-order chi connectivity index (χ1) is 15.3. The van der Waals surface area contributed by atoms with Crippen molar-refractivity contribution in [3.8, 4) is 11.5 Å². The van der Waals surface area contributed by atoms with E-state index in [1.165, 1.54) is 49.6 Å². The Bertz CT molecular complexity index is 1230. The molecular formula is C19H20N6O7. The topological polar surface area (TPSA) is 156 Å². The number of hydrazine groups is 1. The standard InChI is InChI=1S/C19H20N6O7/c1-24-17-12(7-21-24)19(29)25(10-20-17)8-16(27)32-9-15(26)22-23-18(28)11-4-5-13(30-2)14(6-11)31-3/h4-7,10H,8-9H2,1-3H3,(H,22,26)(H,23,28).